The molecule has 1 atom stereocenters. The quantitative estimate of drug-likeness (QED) is 0.864. The molecule has 2 aromatic heterocycles. The molecule has 114 valence electrons. The second kappa shape index (κ2) is 5.97. The topological polar surface area (TPSA) is 43.0 Å². The van der Waals surface area contributed by atoms with Gasteiger partial charge < -0.3 is 9.67 Å². The number of aromatic nitrogens is 3. The SMILES string of the molecule is CCc1nn(CC)c(Cn2ccc(C(O)C3CC3)c2)c1Br. The van der Waals surface area contributed by atoms with Crippen molar-refractivity contribution in [3.8, 4) is 0 Å². The number of aliphatic hydroxyl groups is 1. The first-order valence-corrected chi connectivity index (χ1v) is 8.51. The molecule has 1 aliphatic rings. The molecule has 0 bridgehead atoms. The molecule has 1 N–H and O–H groups in total. The molecule has 5 heteroatoms. The average molecular weight is 352 g/mol. The molecule has 0 aliphatic heterocycles. The molecule has 0 saturated heterocycles. The highest BCUT2D eigenvalue weighted by atomic mass is 79.9. The van der Waals surface area contributed by atoms with Gasteiger partial charge in [-0.1, -0.05) is 6.92 Å². The van der Waals surface area contributed by atoms with Crippen LogP contribution in [0.1, 0.15) is 49.7 Å². The van der Waals surface area contributed by atoms with Gasteiger partial charge in [0.1, 0.15) is 0 Å². The number of rotatable bonds is 6. The van der Waals surface area contributed by atoms with Crippen LogP contribution in [-0.2, 0) is 19.5 Å². The summed E-state index contributed by atoms with van der Waals surface area (Å²) in [7, 11) is 0. The second-order valence-electron chi connectivity index (χ2n) is 5.78. The highest BCUT2D eigenvalue weighted by Gasteiger charge is 2.31. The third-order valence-electron chi connectivity index (χ3n) is 4.21. The minimum Gasteiger partial charge on any atom is -0.388 e. The van der Waals surface area contributed by atoms with Crippen molar-refractivity contribution < 1.29 is 5.11 Å². The van der Waals surface area contributed by atoms with Gasteiger partial charge in [0.25, 0.3) is 0 Å². The fourth-order valence-corrected chi connectivity index (χ4v) is 3.45. The lowest BCUT2D eigenvalue weighted by molar-refractivity contribution is 0.154. The molecule has 4 nitrogen and oxygen atoms in total. The Hall–Kier alpha value is -1.07. The number of aliphatic hydroxyl groups excluding tert-OH is 1. The zero-order chi connectivity index (χ0) is 15.0. The first-order chi connectivity index (χ1) is 10.1. The molecule has 2 aromatic rings. The summed E-state index contributed by atoms with van der Waals surface area (Å²) in [4.78, 5) is 0. The highest BCUT2D eigenvalue weighted by molar-refractivity contribution is 9.10. The summed E-state index contributed by atoms with van der Waals surface area (Å²) in [6, 6.07) is 2.03. The van der Waals surface area contributed by atoms with Gasteiger partial charge in [-0.3, -0.25) is 4.68 Å². The summed E-state index contributed by atoms with van der Waals surface area (Å²) in [5.41, 5.74) is 3.33. The van der Waals surface area contributed by atoms with Crippen molar-refractivity contribution in [2.45, 2.75) is 52.3 Å². The molecule has 3 rings (SSSR count). The molecular formula is C16H22BrN3O. The summed E-state index contributed by atoms with van der Waals surface area (Å²) in [5, 5.41) is 14.8. The monoisotopic (exact) mass is 351 g/mol. The molecule has 21 heavy (non-hydrogen) atoms. The van der Waals surface area contributed by atoms with Gasteiger partial charge in [0.05, 0.1) is 28.5 Å². The van der Waals surface area contributed by atoms with Gasteiger partial charge in [0.15, 0.2) is 0 Å². The Morgan fingerprint density at radius 2 is 2.19 bits per heavy atom. The van der Waals surface area contributed by atoms with E-state index in [9.17, 15) is 5.11 Å². The number of nitrogens with zero attached hydrogens (tertiary/aromatic N) is 3. The van der Waals surface area contributed by atoms with Crippen molar-refractivity contribution in [3.63, 3.8) is 0 Å². The molecule has 1 saturated carbocycles. The van der Waals surface area contributed by atoms with E-state index in [-0.39, 0.29) is 6.10 Å². The van der Waals surface area contributed by atoms with Crippen LogP contribution in [0.2, 0.25) is 0 Å². The van der Waals surface area contributed by atoms with E-state index in [1.807, 2.05) is 12.3 Å². The first-order valence-electron chi connectivity index (χ1n) is 7.71. The van der Waals surface area contributed by atoms with Gasteiger partial charge in [-0.05, 0) is 59.7 Å². The summed E-state index contributed by atoms with van der Waals surface area (Å²) < 4.78 is 5.30. The minimum absolute atomic E-state index is 0.294. The predicted octanol–water partition coefficient (Wildman–Crippen LogP) is 3.52. The lowest BCUT2D eigenvalue weighted by atomic mass is 10.1. The molecule has 1 unspecified atom stereocenters. The molecule has 1 aliphatic carbocycles. The van der Waals surface area contributed by atoms with E-state index in [4.69, 9.17) is 0 Å². The summed E-state index contributed by atoms with van der Waals surface area (Å²) in [6.45, 7) is 5.88. The summed E-state index contributed by atoms with van der Waals surface area (Å²) >= 11 is 3.68. The maximum atomic E-state index is 10.2. The van der Waals surface area contributed by atoms with Gasteiger partial charge in [0.2, 0.25) is 0 Å². The van der Waals surface area contributed by atoms with Crippen molar-refractivity contribution >= 4 is 15.9 Å². The molecule has 0 spiro atoms. The van der Waals surface area contributed by atoms with Gasteiger partial charge in [-0.25, -0.2) is 0 Å². The number of hydrogen-bond acceptors (Lipinski definition) is 2. The van der Waals surface area contributed by atoms with Crippen LogP contribution in [-0.4, -0.2) is 19.5 Å². The van der Waals surface area contributed by atoms with Crippen LogP contribution in [0.5, 0.6) is 0 Å². The Morgan fingerprint density at radius 1 is 1.43 bits per heavy atom. The fraction of sp³-hybridized carbons (Fsp3) is 0.562. The molecular weight excluding hydrogens is 330 g/mol. The first kappa shape index (κ1) is 14.9. The zero-order valence-electron chi connectivity index (χ0n) is 12.6. The number of hydrogen-bond donors (Lipinski definition) is 1. The molecule has 0 amide bonds. The van der Waals surface area contributed by atoms with Crippen molar-refractivity contribution in [2.75, 3.05) is 0 Å². The average Bonchev–Trinajstić information content (AvgIpc) is 3.17. The van der Waals surface area contributed by atoms with Crippen LogP contribution in [0.3, 0.4) is 0 Å². The molecule has 0 aromatic carbocycles. The Balaban J connectivity index is 1.81. The molecule has 0 radical (unpaired) electrons. The van der Waals surface area contributed by atoms with Gasteiger partial charge in [0, 0.05) is 18.9 Å². The fourth-order valence-electron chi connectivity index (χ4n) is 2.76. The van der Waals surface area contributed by atoms with Crippen molar-refractivity contribution in [3.05, 3.63) is 39.9 Å². The van der Waals surface area contributed by atoms with Crippen LogP contribution < -0.4 is 0 Å². The summed E-state index contributed by atoms with van der Waals surface area (Å²) in [6.07, 6.45) is 7.05. The lowest BCUT2D eigenvalue weighted by Gasteiger charge is -2.08. The highest BCUT2D eigenvalue weighted by Crippen LogP contribution is 2.40. The van der Waals surface area contributed by atoms with Crippen LogP contribution in [0, 0.1) is 5.92 Å². The summed E-state index contributed by atoms with van der Waals surface area (Å²) in [5.74, 6) is 0.473. The number of aryl methyl sites for hydroxylation is 2. The van der Waals surface area contributed by atoms with E-state index in [0.29, 0.717) is 5.92 Å². The van der Waals surface area contributed by atoms with Crippen LogP contribution >= 0.6 is 15.9 Å². The number of halogens is 1. The van der Waals surface area contributed by atoms with Crippen LogP contribution in [0.4, 0.5) is 0 Å². The van der Waals surface area contributed by atoms with Crippen molar-refractivity contribution in [1.29, 1.82) is 0 Å². The van der Waals surface area contributed by atoms with E-state index in [1.165, 1.54) is 5.69 Å². The van der Waals surface area contributed by atoms with E-state index in [0.717, 1.165) is 48.1 Å². The van der Waals surface area contributed by atoms with Crippen LogP contribution in [0.15, 0.2) is 22.9 Å². The smallest absolute Gasteiger partial charge is 0.0832 e. The molecule has 1 fully saturated rings. The van der Waals surface area contributed by atoms with Crippen molar-refractivity contribution in [2.24, 2.45) is 5.92 Å². The van der Waals surface area contributed by atoms with E-state index < -0.39 is 0 Å². The maximum Gasteiger partial charge on any atom is 0.0832 e. The lowest BCUT2D eigenvalue weighted by Crippen LogP contribution is -2.07. The van der Waals surface area contributed by atoms with Crippen LogP contribution in [0.25, 0.3) is 0 Å². The maximum absolute atomic E-state index is 10.2. The minimum atomic E-state index is -0.294. The Morgan fingerprint density at radius 3 is 2.81 bits per heavy atom. The third kappa shape index (κ3) is 2.94. The van der Waals surface area contributed by atoms with Gasteiger partial charge in [-0.15, -0.1) is 0 Å². The van der Waals surface area contributed by atoms with Gasteiger partial charge in [-0.2, -0.15) is 5.10 Å². The van der Waals surface area contributed by atoms with E-state index >= 15 is 0 Å². The Bertz CT molecular complexity index is 628. The standard InChI is InChI=1S/C16H22BrN3O/c1-3-13-15(17)14(20(4-2)18-13)10-19-8-7-12(9-19)16(21)11-5-6-11/h7-9,11,16,21H,3-6,10H2,1-2H3. The third-order valence-corrected chi connectivity index (χ3v) is 5.13. The Kier molecular flexibility index (Phi) is 4.22. The van der Waals surface area contributed by atoms with Crippen molar-refractivity contribution in [1.82, 2.24) is 14.3 Å². The van der Waals surface area contributed by atoms with E-state index in [2.05, 4.69) is 50.3 Å². The van der Waals surface area contributed by atoms with E-state index in [1.54, 1.807) is 0 Å². The molecule has 2 heterocycles. The normalized spacial score (nSPS) is 16.4. The largest absolute Gasteiger partial charge is 0.388 e. The predicted molar refractivity (Wildman–Crippen MR) is 86.2 cm³/mol. The zero-order valence-corrected chi connectivity index (χ0v) is 14.2. The Labute approximate surface area is 133 Å². The van der Waals surface area contributed by atoms with Gasteiger partial charge >= 0.3 is 0 Å². The second-order valence-corrected chi connectivity index (χ2v) is 6.57.